The smallest absolute Gasteiger partial charge is 0.275 e. The highest BCUT2D eigenvalue weighted by Crippen LogP contribution is 2.24. The number of amides is 1. The van der Waals surface area contributed by atoms with Gasteiger partial charge >= 0.3 is 0 Å². The molecule has 0 fully saturated rings. The van der Waals surface area contributed by atoms with Crippen molar-refractivity contribution in [3.05, 3.63) is 83.4 Å². The van der Waals surface area contributed by atoms with Gasteiger partial charge in [-0.25, -0.2) is 9.97 Å². The summed E-state index contributed by atoms with van der Waals surface area (Å²) >= 11 is 6.09. The average Bonchev–Trinajstić information content (AvgIpc) is 2.72. The summed E-state index contributed by atoms with van der Waals surface area (Å²) in [4.78, 5) is 25.3. The van der Waals surface area contributed by atoms with E-state index in [0.717, 1.165) is 22.2 Å². The number of benzene rings is 2. The highest BCUT2D eigenvalue weighted by Gasteiger charge is 2.11. The van der Waals surface area contributed by atoms with Gasteiger partial charge in [-0.2, -0.15) is 0 Å². The molecule has 2 aromatic carbocycles. The van der Waals surface area contributed by atoms with E-state index in [1.165, 1.54) is 12.4 Å². The van der Waals surface area contributed by atoms with Gasteiger partial charge in [0.2, 0.25) is 0 Å². The number of nitrogens with zero attached hydrogens (tertiary/aromatic N) is 3. The molecule has 0 saturated carbocycles. The molecule has 28 heavy (non-hydrogen) atoms. The van der Waals surface area contributed by atoms with Gasteiger partial charge in [-0.15, -0.1) is 0 Å². The van der Waals surface area contributed by atoms with Gasteiger partial charge < -0.3 is 10.6 Å². The van der Waals surface area contributed by atoms with Crippen LogP contribution in [0.15, 0.2) is 67.1 Å². The molecule has 0 aliphatic heterocycles. The Morgan fingerprint density at radius 2 is 1.71 bits per heavy atom. The Balaban J connectivity index is 1.52. The highest BCUT2D eigenvalue weighted by molar-refractivity contribution is 6.31. The van der Waals surface area contributed by atoms with E-state index in [9.17, 15) is 4.79 Å². The number of pyridine rings is 1. The zero-order valence-electron chi connectivity index (χ0n) is 15.0. The van der Waals surface area contributed by atoms with Gasteiger partial charge in [0.15, 0.2) is 0 Å². The first kappa shape index (κ1) is 17.9. The van der Waals surface area contributed by atoms with Gasteiger partial charge in [0, 0.05) is 22.3 Å². The van der Waals surface area contributed by atoms with Crippen LogP contribution in [-0.2, 0) is 0 Å². The van der Waals surface area contributed by atoms with E-state index < -0.39 is 0 Å². The quantitative estimate of drug-likeness (QED) is 0.514. The van der Waals surface area contributed by atoms with Gasteiger partial charge in [-0.3, -0.25) is 9.78 Å². The molecule has 0 aliphatic rings. The van der Waals surface area contributed by atoms with Crippen LogP contribution in [0, 0.1) is 6.92 Å². The average molecular weight is 390 g/mol. The molecule has 0 radical (unpaired) electrons. The molecule has 1 amide bonds. The second kappa shape index (κ2) is 7.62. The lowest BCUT2D eigenvalue weighted by Gasteiger charge is -2.10. The summed E-state index contributed by atoms with van der Waals surface area (Å²) in [6.45, 7) is 1.84. The van der Waals surface area contributed by atoms with E-state index in [-0.39, 0.29) is 11.6 Å². The first-order valence-electron chi connectivity index (χ1n) is 8.61. The third-order valence-electron chi connectivity index (χ3n) is 4.30. The largest absolute Gasteiger partial charge is 0.337 e. The predicted octanol–water partition coefficient (Wildman–Crippen LogP) is 4.98. The van der Waals surface area contributed by atoms with Crippen LogP contribution in [0.5, 0.6) is 0 Å². The van der Waals surface area contributed by atoms with E-state index in [2.05, 4.69) is 25.6 Å². The highest BCUT2D eigenvalue weighted by atomic mass is 35.5. The third-order valence-corrected chi connectivity index (χ3v) is 4.71. The first-order chi connectivity index (χ1) is 13.6. The second-order valence-electron chi connectivity index (χ2n) is 6.16. The van der Waals surface area contributed by atoms with Crippen molar-refractivity contribution in [3.63, 3.8) is 0 Å². The fourth-order valence-corrected chi connectivity index (χ4v) is 2.96. The lowest BCUT2D eigenvalue weighted by atomic mass is 10.2. The fraction of sp³-hybridized carbons (Fsp3) is 0.0476. The number of hydrogen-bond acceptors (Lipinski definition) is 5. The molecule has 0 bridgehead atoms. The second-order valence-corrected chi connectivity index (χ2v) is 6.57. The van der Waals surface area contributed by atoms with Crippen molar-refractivity contribution in [3.8, 4) is 0 Å². The fourth-order valence-electron chi connectivity index (χ4n) is 2.78. The van der Waals surface area contributed by atoms with Gasteiger partial charge in [-0.1, -0.05) is 35.9 Å². The van der Waals surface area contributed by atoms with E-state index >= 15 is 0 Å². The standard InChI is InChI=1S/C21H16ClN5O/c1-13-15(22)7-3-8-16(13)27-21(28)18-11-25-19(12-24-18)26-17-9-2-5-14-6-4-10-23-20(14)17/h2-12H,1H3,(H,25,26)(H,27,28). The van der Waals surface area contributed by atoms with E-state index in [1.54, 1.807) is 24.4 Å². The zero-order valence-corrected chi connectivity index (χ0v) is 15.7. The summed E-state index contributed by atoms with van der Waals surface area (Å²) < 4.78 is 0. The summed E-state index contributed by atoms with van der Waals surface area (Å²) in [5.74, 6) is 0.171. The summed E-state index contributed by atoms with van der Waals surface area (Å²) in [6.07, 6.45) is 4.68. The number of para-hydroxylation sites is 1. The summed E-state index contributed by atoms with van der Waals surface area (Å²) in [6, 6.07) is 15.1. The molecule has 2 heterocycles. The number of rotatable bonds is 4. The minimum absolute atomic E-state index is 0.209. The zero-order chi connectivity index (χ0) is 19.5. The predicted molar refractivity (Wildman–Crippen MR) is 111 cm³/mol. The number of carbonyl (C=O) groups is 1. The van der Waals surface area contributed by atoms with E-state index in [4.69, 9.17) is 11.6 Å². The first-order valence-corrected chi connectivity index (χ1v) is 8.99. The number of nitrogens with one attached hydrogen (secondary N) is 2. The third kappa shape index (κ3) is 3.63. The molecule has 6 nitrogen and oxygen atoms in total. The lowest BCUT2D eigenvalue weighted by Crippen LogP contribution is -2.15. The molecule has 0 spiro atoms. The maximum Gasteiger partial charge on any atom is 0.275 e. The van der Waals surface area contributed by atoms with Crippen LogP contribution in [0.3, 0.4) is 0 Å². The van der Waals surface area contributed by atoms with Gasteiger partial charge in [0.1, 0.15) is 11.5 Å². The van der Waals surface area contributed by atoms with Crippen LogP contribution in [-0.4, -0.2) is 20.9 Å². The molecule has 0 aliphatic carbocycles. The van der Waals surface area contributed by atoms with Crippen LogP contribution in [0.25, 0.3) is 10.9 Å². The molecular formula is C21H16ClN5O. The monoisotopic (exact) mass is 389 g/mol. The van der Waals surface area contributed by atoms with Crippen molar-refractivity contribution >= 4 is 45.6 Å². The molecule has 7 heteroatoms. The maximum absolute atomic E-state index is 12.4. The van der Waals surface area contributed by atoms with Crippen LogP contribution in [0.4, 0.5) is 17.2 Å². The number of hydrogen-bond donors (Lipinski definition) is 2. The summed E-state index contributed by atoms with van der Waals surface area (Å²) in [7, 11) is 0. The molecule has 2 N–H and O–H groups in total. The summed E-state index contributed by atoms with van der Waals surface area (Å²) in [5.41, 5.74) is 3.31. The van der Waals surface area contributed by atoms with Crippen LogP contribution in [0.1, 0.15) is 16.1 Å². The van der Waals surface area contributed by atoms with Crippen molar-refractivity contribution in [2.45, 2.75) is 6.92 Å². The minimum atomic E-state index is -0.351. The van der Waals surface area contributed by atoms with Crippen LogP contribution < -0.4 is 10.6 Å². The Morgan fingerprint density at radius 3 is 2.54 bits per heavy atom. The number of halogens is 1. The van der Waals surface area contributed by atoms with E-state index in [0.29, 0.717) is 16.5 Å². The Labute approximate surface area is 166 Å². The van der Waals surface area contributed by atoms with Crippen LogP contribution in [0.2, 0.25) is 5.02 Å². The number of aromatic nitrogens is 3. The van der Waals surface area contributed by atoms with Crippen molar-refractivity contribution in [2.75, 3.05) is 10.6 Å². The minimum Gasteiger partial charge on any atom is -0.337 e. The van der Waals surface area contributed by atoms with E-state index in [1.807, 2.05) is 37.3 Å². The molecule has 2 aromatic heterocycles. The lowest BCUT2D eigenvalue weighted by molar-refractivity contribution is 0.102. The summed E-state index contributed by atoms with van der Waals surface area (Å²) in [5, 5.41) is 7.61. The Bertz CT molecular complexity index is 1160. The topological polar surface area (TPSA) is 79.8 Å². The van der Waals surface area contributed by atoms with Gasteiger partial charge in [-0.05, 0) is 36.8 Å². The van der Waals surface area contributed by atoms with Crippen molar-refractivity contribution < 1.29 is 4.79 Å². The Morgan fingerprint density at radius 1 is 0.929 bits per heavy atom. The van der Waals surface area contributed by atoms with Crippen LogP contribution >= 0.6 is 11.6 Å². The van der Waals surface area contributed by atoms with Crippen molar-refractivity contribution in [2.24, 2.45) is 0 Å². The number of anilines is 3. The molecule has 138 valence electrons. The van der Waals surface area contributed by atoms with Crippen molar-refractivity contribution in [1.82, 2.24) is 15.0 Å². The molecule has 0 saturated heterocycles. The molecule has 0 atom stereocenters. The number of fused-ring (bicyclic) bond motifs is 1. The van der Waals surface area contributed by atoms with Gasteiger partial charge in [0.05, 0.1) is 23.6 Å². The van der Waals surface area contributed by atoms with Crippen molar-refractivity contribution in [1.29, 1.82) is 0 Å². The molecular weight excluding hydrogens is 374 g/mol. The molecule has 4 aromatic rings. The number of carbonyl (C=O) groups excluding carboxylic acids is 1. The maximum atomic E-state index is 12.4. The Hall–Kier alpha value is -3.51. The Kier molecular flexibility index (Phi) is 4.87. The SMILES string of the molecule is Cc1c(Cl)cccc1NC(=O)c1cnc(Nc2cccc3cccnc23)cn1. The molecule has 0 unspecified atom stereocenters. The van der Waals surface area contributed by atoms with Gasteiger partial charge in [0.25, 0.3) is 5.91 Å². The normalized spacial score (nSPS) is 10.6. The molecule has 4 rings (SSSR count).